The van der Waals surface area contributed by atoms with E-state index in [4.69, 9.17) is 10.9 Å². The van der Waals surface area contributed by atoms with Crippen LogP contribution >= 0.6 is 0 Å². The summed E-state index contributed by atoms with van der Waals surface area (Å²) in [6.07, 6.45) is 3.39. The van der Waals surface area contributed by atoms with E-state index in [1.54, 1.807) is 12.1 Å². The predicted molar refractivity (Wildman–Crippen MR) is 81.8 cm³/mol. The lowest BCUT2D eigenvalue weighted by atomic mass is 9.80. The third-order valence-electron chi connectivity index (χ3n) is 3.91. The van der Waals surface area contributed by atoms with Crippen molar-refractivity contribution >= 4 is 21.4 Å². The lowest BCUT2D eigenvalue weighted by Gasteiger charge is -2.33. The van der Waals surface area contributed by atoms with Gasteiger partial charge in [-0.2, -0.15) is 0 Å². The van der Waals surface area contributed by atoms with Crippen LogP contribution in [-0.4, -0.2) is 14.5 Å². The molecule has 0 amide bonds. The Morgan fingerprint density at radius 1 is 1.15 bits per heavy atom. The minimum atomic E-state index is -3.78. The van der Waals surface area contributed by atoms with Gasteiger partial charge in [0.2, 0.25) is 10.0 Å². The van der Waals surface area contributed by atoms with Gasteiger partial charge in [-0.05, 0) is 43.2 Å². The van der Waals surface area contributed by atoms with Crippen molar-refractivity contribution in [3.63, 3.8) is 0 Å². The molecule has 1 aliphatic carbocycles. The minimum Gasteiger partial charge on any atom is -0.396 e. The number of nitrogens with two attached hydrogens (primary N) is 2. The van der Waals surface area contributed by atoms with Crippen LogP contribution in [0.2, 0.25) is 0 Å². The second-order valence-electron chi connectivity index (χ2n) is 6.02. The van der Waals surface area contributed by atoms with Crippen LogP contribution < -0.4 is 16.2 Å². The Balaban J connectivity index is 2.22. The smallest absolute Gasteiger partial charge is 0.240 e. The van der Waals surface area contributed by atoms with Gasteiger partial charge >= 0.3 is 0 Å². The number of hydrogen-bond donors (Lipinski definition) is 3. The highest BCUT2D eigenvalue weighted by Crippen LogP contribution is 2.33. The number of para-hydroxylation sites is 1. The van der Waals surface area contributed by atoms with Gasteiger partial charge in [0.25, 0.3) is 0 Å². The van der Waals surface area contributed by atoms with Crippen LogP contribution in [0.3, 0.4) is 0 Å². The van der Waals surface area contributed by atoms with Crippen molar-refractivity contribution in [2.24, 2.45) is 17.0 Å². The first-order chi connectivity index (χ1) is 9.27. The Morgan fingerprint density at radius 2 is 1.75 bits per heavy atom. The second kappa shape index (κ2) is 5.61. The monoisotopic (exact) mass is 297 g/mol. The van der Waals surface area contributed by atoms with E-state index in [0.29, 0.717) is 23.6 Å². The molecular formula is C14H23N3O2S. The molecule has 20 heavy (non-hydrogen) atoms. The van der Waals surface area contributed by atoms with Crippen LogP contribution in [0.4, 0.5) is 11.4 Å². The van der Waals surface area contributed by atoms with E-state index < -0.39 is 10.0 Å². The molecule has 1 aliphatic rings. The Hall–Kier alpha value is -1.27. The zero-order valence-corrected chi connectivity index (χ0v) is 12.8. The molecule has 1 fully saturated rings. The zero-order chi connectivity index (χ0) is 14.9. The van der Waals surface area contributed by atoms with E-state index in [-0.39, 0.29) is 10.6 Å². The molecule has 0 heterocycles. The molecule has 2 unspecified atom stereocenters. The van der Waals surface area contributed by atoms with Crippen molar-refractivity contribution in [2.75, 3.05) is 11.1 Å². The van der Waals surface area contributed by atoms with Gasteiger partial charge in [-0.25, -0.2) is 13.6 Å². The van der Waals surface area contributed by atoms with Crippen molar-refractivity contribution < 1.29 is 8.42 Å². The third kappa shape index (κ3) is 3.43. The van der Waals surface area contributed by atoms with Crippen LogP contribution in [-0.2, 0) is 10.0 Å². The average molecular weight is 297 g/mol. The number of hydrogen-bond acceptors (Lipinski definition) is 4. The Kier molecular flexibility index (Phi) is 4.25. The summed E-state index contributed by atoms with van der Waals surface area (Å²) in [4.78, 5) is -0.0144. The van der Waals surface area contributed by atoms with Gasteiger partial charge in [-0.3, -0.25) is 0 Å². The number of anilines is 2. The van der Waals surface area contributed by atoms with E-state index >= 15 is 0 Å². The van der Waals surface area contributed by atoms with Crippen molar-refractivity contribution in [2.45, 2.75) is 44.0 Å². The molecule has 1 aromatic carbocycles. The number of benzene rings is 1. The quantitative estimate of drug-likeness (QED) is 0.744. The van der Waals surface area contributed by atoms with Crippen molar-refractivity contribution in [3.05, 3.63) is 18.2 Å². The maximum Gasteiger partial charge on any atom is 0.240 e. The summed E-state index contributed by atoms with van der Waals surface area (Å²) in [5.41, 5.74) is 6.80. The summed E-state index contributed by atoms with van der Waals surface area (Å²) in [6, 6.07) is 5.22. The van der Waals surface area contributed by atoms with Crippen molar-refractivity contribution in [1.29, 1.82) is 0 Å². The van der Waals surface area contributed by atoms with E-state index in [1.807, 2.05) is 0 Å². The molecule has 0 aliphatic heterocycles. The number of primary sulfonamides is 1. The van der Waals surface area contributed by atoms with Gasteiger partial charge < -0.3 is 11.1 Å². The molecule has 0 radical (unpaired) electrons. The largest absolute Gasteiger partial charge is 0.396 e. The molecule has 0 spiro atoms. The number of nitrogens with one attached hydrogen (secondary N) is 1. The van der Waals surface area contributed by atoms with Gasteiger partial charge in [0.15, 0.2) is 0 Å². The molecule has 2 atom stereocenters. The highest BCUT2D eigenvalue weighted by Gasteiger charge is 2.25. The first kappa shape index (κ1) is 15.1. The molecule has 1 aromatic rings. The van der Waals surface area contributed by atoms with Crippen LogP contribution in [0.15, 0.2) is 23.1 Å². The third-order valence-corrected chi connectivity index (χ3v) is 4.88. The number of sulfonamides is 1. The molecule has 0 bridgehead atoms. The number of nitrogen functional groups attached to an aromatic ring is 1. The van der Waals surface area contributed by atoms with Crippen molar-refractivity contribution in [3.8, 4) is 0 Å². The minimum absolute atomic E-state index is 0.0144. The van der Waals surface area contributed by atoms with Crippen LogP contribution in [0.5, 0.6) is 0 Å². The average Bonchev–Trinajstić information content (AvgIpc) is 2.29. The van der Waals surface area contributed by atoms with Crippen LogP contribution in [0.25, 0.3) is 0 Å². The van der Waals surface area contributed by atoms with Gasteiger partial charge in [-0.1, -0.05) is 19.9 Å². The van der Waals surface area contributed by atoms with Gasteiger partial charge in [0.05, 0.1) is 11.4 Å². The molecule has 112 valence electrons. The fourth-order valence-corrected chi connectivity index (χ4v) is 3.89. The fraction of sp³-hybridized carbons (Fsp3) is 0.571. The molecule has 0 saturated heterocycles. The Bertz CT molecular complexity index is 576. The summed E-state index contributed by atoms with van der Waals surface area (Å²) in [7, 11) is -3.78. The molecule has 1 saturated carbocycles. The Labute approximate surface area is 120 Å². The molecular weight excluding hydrogens is 274 g/mol. The summed E-state index contributed by atoms with van der Waals surface area (Å²) in [6.45, 7) is 4.49. The SMILES string of the molecule is CC1CC(C)CC(Nc2cccc(S(N)(=O)=O)c2N)C1. The van der Waals surface area contributed by atoms with Gasteiger partial charge in [0, 0.05) is 6.04 Å². The maximum atomic E-state index is 11.5. The first-order valence-electron chi connectivity index (χ1n) is 6.95. The van der Waals surface area contributed by atoms with Gasteiger partial charge in [0.1, 0.15) is 4.90 Å². The predicted octanol–water partition coefficient (Wildman–Crippen LogP) is 2.15. The lowest BCUT2D eigenvalue weighted by Crippen LogP contribution is -2.30. The molecule has 6 heteroatoms. The van der Waals surface area contributed by atoms with E-state index in [2.05, 4.69) is 19.2 Å². The normalized spacial score (nSPS) is 27.2. The van der Waals surface area contributed by atoms with E-state index in [1.165, 1.54) is 12.5 Å². The van der Waals surface area contributed by atoms with E-state index in [0.717, 1.165) is 12.8 Å². The van der Waals surface area contributed by atoms with Gasteiger partial charge in [-0.15, -0.1) is 0 Å². The standard InChI is InChI=1S/C14H23N3O2S/c1-9-6-10(2)8-11(7-9)17-12-4-3-5-13(14(12)15)20(16,18)19/h3-5,9-11,17H,6-8,15H2,1-2H3,(H2,16,18,19). The zero-order valence-electron chi connectivity index (χ0n) is 12.0. The summed E-state index contributed by atoms with van der Waals surface area (Å²) < 4.78 is 22.9. The molecule has 5 N–H and O–H groups in total. The fourth-order valence-electron chi connectivity index (χ4n) is 3.20. The first-order valence-corrected chi connectivity index (χ1v) is 8.50. The highest BCUT2D eigenvalue weighted by molar-refractivity contribution is 7.89. The van der Waals surface area contributed by atoms with Crippen molar-refractivity contribution in [1.82, 2.24) is 0 Å². The lowest BCUT2D eigenvalue weighted by molar-refractivity contribution is 0.281. The molecule has 2 rings (SSSR count). The molecule has 0 aromatic heterocycles. The van der Waals surface area contributed by atoms with Crippen LogP contribution in [0.1, 0.15) is 33.1 Å². The maximum absolute atomic E-state index is 11.5. The summed E-state index contributed by atoms with van der Waals surface area (Å²) >= 11 is 0. The Morgan fingerprint density at radius 3 is 2.30 bits per heavy atom. The summed E-state index contributed by atoms with van der Waals surface area (Å²) in [5, 5.41) is 8.55. The molecule has 5 nitrogen and oxygen atoms in total. The van der Waals surface area contributed by atoms with E-state index in [9.17, 15) is 8.42 Å². The highest BCUT2D eigenvalue weighted by atomic mass is 32.2. The topological polar surface area (TPSA) is 98.2 Å². The summed E-state index contributed by atoms with van der Waals surface area (Å²) in [5.74, 6) is 1.33. The number of rotatable bonds is 3. The second-order valence-corrected chi connectivity index (χ2v) is 7.55. The van der Waals surface area contributed by atoms with Crippen LogP contribution in [0, 0.1) is 11.8 Å².